The van der Waals surface area contributed by atoms with Crippen LogP contribution in [0, 0.1) is 0 Å². The van der Waals surface area contributed by atoms with Crippen molar-refractivity contribution in [3.8, 4) is 0 Å². The molecule has 0 saturated heterocycles. The first-order chi connectivity index (χ1) is 7.36. The molecule has 2 aromatic rings. The maximum atomic E-state index is 3.92. The predicted octanol–water partition coefficient (Wildman–Crippen LogP) is 1.05. The van der Waals surface area contributed by atoms with E-state index in [-0.39, 0.29) is 6.04 Å². The minimum absolute atomic E-state index is 0.101. The average Bonchev–Trinajstić information content (AvgIpc) is 2.81. The third kappa shape index (κ3) is 2.60. The summed E-state index contributed by atoms with van der Waals surface area (Å²) in [4.78, 5) is 0. The van der Waals surface area contributed by atoms with Gasteiger partial charge in [-0.1, -0.05) is 35.5 Å². The van der Waals surface area contributed by atoms with E-state index in [4.69, 9.17) is 0 Å². The Hall–Kier alpha value is -1.75. The Kier molecular flexibility index (Phi) is 3.04. The molecule has 1 aromatic carbocycles. The smallest absolute Gasteiger partial charge is 0.191 e. The second-order valence-electron chi connectivity index (χ2n) is 3.36. The van der Waals surface area contributed by atoms with Gasteiger partial charge in [0.2, 0.25) is 0 Å². The Morgan fingerprint density at radius 1 is 1.33 bits per heavy atom. The molecule has 0 bridgehead atoms. The minimum atomic E-state index is 0.101. The molecule has 1 aromatic heterocycles. The van der Waals surface area contributed by atoms with Gasteiger partial charge in [-0.2, -0.15) is 5.21 Å². The largest absolute Gasteiger partial charge is 0.303 e. The number of tetrazole rings is 1. The van der Waals surface area contributed by atoms with Gasteiger partial charge in [0, 0.05) is 6.54 Å². The molecule has 0 aliphatic heterocycles. The van der Waals surface area contributed by atoms with E-state index < -0.39 is 0 Å². The van der Waals surface area contributed by atoms with Crippen molar-refractivity contribution in [3.63, 3.8) is 0 Å². The number of nitrogens with one attached hydrogen (secondary N) is 2. The van der Waals surface area contributed by atoms with Crippen LogP contribution in [-0.2, 0) is 6.54 Å². The quantitative estimate of drug-likeness (QED) is 0.779. The summed E-state index contributed by atoms with van der Waals surface area (Å²) in [7, 11) is 0. The van der Waals surface area contributed by atoms with E-state index in [1.165, 1.54) is 5.56 Å². The molecule has 5 nitrogen and oxygen atoms in total. The Balaban J connectivity index is 1.89. The lowest BCUT2D eigenvalue weighted by atomic mass is 10.2. The number of aromatic nitrogens is 4. The van der Waals surface area contributed by atoms with Crippen molar-refractivity contribution in [2.24, 2.45) is 0 Å². The van der Waals surface area contributed by atoms with Crippen molar-refractivity contribution >= 4 is 0 Å². The molecule has 0 radical (unpaired) electrons. The van der Waals surface area contributed by atoms with Crippen molar-refractivity contribution in [2.45, 2.75) is 19.5 Å². The van der Waals surface area contributed by atoms with Gasteiger partial charge in [0.15, 0.2) is 5.82 Å². The molecular weight excluding hydrogens is 190 g/mol. The zero-order chi connectivity index (χ0) is 10.5. The van der Waals surface area contributed by atoms with Gasteiger partial charge in [0.05, 0.1) is 6.04 Å². The van der Waals surface area contributed by atoms with Crippen molar-refractivity contribution in [1.82, 2.24) is 25.9 Å². The van der Waals surface area contributed by atoms with Crippen LogP contribution in [0.1, 0.15) is 24.4 Å². The van der Waals surface area contributed by atoms with Crippen LogP contribution in [0.4, 0.5) is 0 Å². The summed E-state index contributed by atoms with van der Waals surface area (Å²) in [6.07, 6.45) is 0. The van der Waals surface area contributed by atoms with Gasteiger partial charge in [-0.3, -0.25) is 0 Å². The summed E-state index contributed by atoms with van der Waals surface area (Å²) in [5.74, 6) is 0.686. The first-order valence-electron chi connectivity index (χ1n) is 4.87. The molecule has 1 atom stereocenters. The molecule has 0 saturated carbocycles. The molecule has 15 heavy (non-hydrogen) atoms. The van der Waals surface area contributed by atoms with Gasteiger partial charge in [-0.15, -0.1) is 10.2 Å². The van der Waals surface area contributed by atoms with E-state index in [0.29, 0.717) is 5.82 Å². The lowest BCUT2D eigenvalue weighted by Gasteiger charge is -2.09. The Morgan fingerprint density at radius 2 is 2.13 bits per heavy atom. The highest BCUT2D eigenvalue weighted by Crippen LogP contribution is 2.05. The number of benzene rings is 1. The summed E-state index contributed by atoms with van der Waals surface area (Å²) in [5, 5.41) is 17.1. The molecular formula is C10H13N5. The number of rotatable bonds is 4. The zero-order valence-corrected chi connectivity index (χ0v) is 8.51. The van der Waals surface area contributed by atoms with E-state index >= 15 is 0 Å². The molecule has 2 N–H and O–H groups in total. The van der Waals surface area contributed by atoms with Crippen molar-refractivity contribution < 1.29 is 0 Å². The van der Waals surface area contributed by atoms with Gasteiger partial charge >= 0.3 is 0 Å². The Bertz CT molecular complexity index is 383. The monoisotopic (exact) mass is 203 g/mol. The van der Waals surface area contributed by atoms with Crippen LogP contribution in [-0.4, -0.2) is 20.6 Å². The van der Waals surface area contributed by atoms with E-state index in [0.717, 1.165) is 6.54 Å². The summed E-state index contributed by atoms with van der Waals surface area (Å²) >= 11 is 0. The minimum Gasteiger partial charge on any atom is -0.303 e. The Morgan fingerprint density at radius 3 is 2.80 bits per heavy atom. The highest BCUT2D eigenvalue weighted by Gasteiger charge is 2.08. The lowest BCUT2D eigenvalue weighted by Crippen LogP contribution is -2.19. The molecule has 5 heteroatoms. The second-order valence-corrected chi connectivity index (χ2v) is 3.36. The van der Waals surface area contributed by atoms with Gasteiger partial charge in [-0.05, 0) is 12.5 Å². The van der Waals surface area contributed by atoms with Gasteiger partial charge < -0.3 is 5.32 Å². The normalized spacial score (nSPS) is 12.6. The first-order valence-corrected chi connectivity index (χ1v) is 4.87. The fourth-order valence-corrected chi connectivity index (χ4v) is 1.31. The van der Waals surface area contributed by atoms with Gasteiger partial charge in [0.25, 0.3) is 0 Å². The molecule has 0 spiro atoms. The standard InChI is InChI=1S/C10H13N5/c1-8(10-12-14-15-13-10)11-7-9-5-3-2-4-6-9/h2-6,8,11H,7H2,1H3,(H,12,13,14,15). The summed E-state index contributed by atoms with van der Waals surface area (Å²) in [6, 6.07) is 10.3. The van der Waals surface area contributed by atoms with Gasteiger partial charge in [0.1, 0.15) is 0 Å². The van der Waals surface area contributed by atoms with Crippen molar-refractivity contribution in [2.75, 3.05) is 0 Å². The fourth-order valence-electron chi connectivity index (χ4n) is 1.31. The number of hydrogen-bond acceptors (Lipinski definition) is 4. The van der Waals surface area contributed by atoms with Crippen molar-refractivity contribution in [3.05, 3.63) is 41.7 Å². The topological polar surface area (TPSA) is 66.5 Å². The summed E-state index contributed by atoms with van der Waals surface area (Å²) < 4.78 is 0. The van der Waals surface area contributed by atoms with Crippen LogP contribution in [0.15, 0.2) is 30.3 Å². The van der Waals surface area contributed by atoms with Crippen molar-refractivity contribution in [1.29, 1.82) is 0 Å². The zero-order valence-electron chi connectivity index (χ0n) is 8.51. The van der Waals surface area contributed by atoms with Crippen LogP contribution in [0.5, 0.6) is 0 Å². The van der Waals surface area contributed by atoms with Crippen LogP contribution >= 0.6 is 0 Å². The molecule has 0 amide bonds. The van der Waals surface area contributed by atoms with Crippen LogP contribution in [0.3, 0.4) is 0 Å². The Labute approximate surface area is 87.9 Å². The summed E-state index contributed by atoms with van der Waals surface area (Å²) in [5.41, 5.74) is 1.24. The first kappa shape index (κ1) is 9.79. The van der Waals surface area contributed by atoms with Gasteiger partial charge in [-0.25, -0.2) is 0 Å². The van der Waals surface area contributed by atoms with E-state index in [2.05, 4.69) is 38.1 Å². The molecule has 0 aliphatic rings. The number of nitrogens with zero attached hydrogens (tertiary/aromatic N) is 3. The molecule has 0 fully saturated rings. The second kappa shape index (κ2) is 4.65. The number of aromatic amines is 1. The highest BCUT2D eigenvalue weighted by atomic mass is 15.5. The molecule has 1 heterocycles. The fraction of sp³-hybridized carbons (Fsp3) is 0.300. The third-order valence-electron chi connectivity index (χ3n) is 2.20. The average molecular weight is 203 g/mol. The lowest BCUT2D eigenvalue weighted by molar-refractivity contribution is 0.547. The number of hydrogen-bond donors (Lipinski definition) is 2. The molecule has 78 valence electrons. The van der Waals surface area contributed by atoms with E-state index in [1.54, 1.807) is 0 Å². The van der Waals surface area contributed by atoms with Crippen LogP contribution in [0.2, 0.25) is 0 Å². The van der Waals surface area contributed by atoms with E-state index in [9.17, 15) is 0 Å². The van der Waals surface area contributed by atoms with E-state index in [1.807, 2.05) is 25.1 Å². The molecule has 0 aliphatic carbocycles. The predicted molar refractivity (Wildman–Crippen MR) is 55.9 cm³/mol. The third-order valence-corrected chi connectivity index (χ3v) is 2.20. The molecule has 1 unspecified atom stereocenters. The summed E-state index contributed by atoms with van der Waals surface area (Å²) in [6.45, 7) is 2.81. The number of H-pyrrole nitrogens is 1. The SMILES string of the molecule is CC(NCc1ccccc1)c1nn[nH]n1. The molecule has 2 rings (SSSR count). The highest BCUT2D eigenvalue weighted by molar-refractivity contribution is 5.14. The van der Waals surface area contributed by atoms with Crippen LogP contribution in [0.25, 0.3) is 0 Å². The maximum Gasteiger partial charge on any atom is 0.191 e. The van der Waals surface area contributed by atoms with Crippen LogP contribution < -0.4 is 5.32 Å². The maximum absolute atomic E-state index is 3.92.